The van der Waals surface area contributed by atoms with Crippen LogP contribution in [0.2, 0.25) is 5.02 Å². The van der Waals surface area contributed by atoms with Crippen molar-refractivity contribution < 1.29 is 19.1 Å². The lowest BCUT2D eigenvalue weighted by molar-refractivity contribution is -0.143. The monoisotopic (exact) mass is 349 g/mol. The van der Waals surface area contributed by atoms with E-state index >= 15 is 0 Å². The van der Waals surface area contributed by atoms with Gasteiger partial charge in [0.15, 0.2) is 0 Å². The van der Waals surface area contributed by atoms with Crippen LogP contribution in [0.4, 0.5) is 0 Å². The summed E-state index contributed by atoms with van der Waals surface area (Å²) in [4.78, 5) is 28.6. The first-order chi connectivity index (χ1) is 11.5. The molecule has 0 saturated heterocycles. The summed E-state index contributed by atoms with van der Waals surface area (Å²) in [6.45, 7) is 5.85. The number of nitrogens with zero attached hydrogens (tertiary/aromatic N) is 1. The third-order valence-electron chi connectivity index (χ3n) is 3.60. The van der Waals surface area contributed by atoms with E-state index in [-0.39, 0.29) is 19.0 Å². The number of hydrogen-bond acceptors (Lipinski definition) is 5. The first kappa shape index (κ1) is 18.2. The van der Waals surface area contributed by atoms with E-state index in [2.05, 4.69) is 4.98 Å². The van der Waals surface area contributed by atoms with Gasteiger partial charge in [-0.05, 0) is 51.0 Å². The Morgan fingerprint density at radius 3 is 2.54 bits per heavy atom. The standard InChI is InChI=1S/C18H20ClNO4/c1-4-23-16(21)9-7-13-14-10-12(19)6-8-15(14)20-11(3)17(13)18(22)24-5-2/h6,8,10H,4-5,7,9H2,1-3H3. The van der Waals surface area contributed by atoms with E-state index in [0.717, 1.165) is 10.9 Å². The first-order valence-electron chi connectivity index (χ1n) is 7.89. The van der Waals surface area contributed by atoms with E-state index in [1.54, 1.807) is 39.0 Å². The van der Waals surface area contributed by atoms with E-state index in [1.165, 1.54) is 0 Å². The average Bonchev–Trinajstić information content (AvgIpc) is 2.53. The van der Waals surface area contributed by atoms with Crippen LogP contribution >= 0.6 is 11.6 Å². The third kappa shape index (κ3) is 4.03. The number of ether oxygens (including phenoxy) is 2. The van der Waals surface area contributed by atoms with Crippen molar-refractivity contribution in [3.63, 3.8) is 0 Å². The molecule has 24 heavy (non-hydrogen) atoms. The number of aryl methyl sites for hydroxylation is 2. The van der Waals surface area contributed by atoms with Crippen molar-refractivity contribution >= 4 is 34.4 Å². The number of benzene rings is 1. The van der Waals surface area contributed by atoms with Gasteiger partial charge in [-0.25, -0.2) is 4.79 Å². The van der Waals surface area contributed by atoms with E-state index in [9.17, 15) is 9.59 Å². The summed E-state index contributed by atoms with van der Waals surface area (Å²) in [5, 5.41) is 1.29. The molecule has 0 fully saturated rings. The number of esters is 2. The second kappa shape index (κ2) is 8.11. The quantitative estimate of drug-likeness (QED) is 0.741. The molecule has 0 atom stereocenters. The van der Waals surface area contributed by atoms with Crippen LogP contribution < -0.4 is 0 Å². The maximum atomic E-state index is 12.4. The van der Waals surface area contributed by atoms with Gasteiger partial charge in [0.25, 0.3) is 0 Å². The Labute approximate surface area is 145 Å². The molecule has 0 aliphatic rings. The topological polar surface area (TPSA) is 65.5 Å². The van der Waals surface area contributed by atoms with Gasteiger partial charge in [0, 0.05) is 16.8 Å². The van der Waals surface area contributed by atoms with Crippen LogP contribution in [0, 0.1) is 6.92 Å². The molecule has 0 unspecified atom stereocenters. The summed E-state index contributed by atoms with van der Waals surface area (Å²) in [5.41, 5.74) is 2.41. The highest BCUT2D eigenvalue weighted by molar-refractivity contribution is 6.31. The van der Waals surface area contributed by atoms with Crippen LogP contribution in [0.25, 0.3) is 10.9 Å². The maximum absolute atomic E-state index is 12.4. The smallest absolute Gasteiger partial charge is 0.340 e. The van der Waals surface area contributed by atoms with Crippen molar-refractivity contribution in [1.82, 2.24) is 4.98 Å². The van der Waals surface area contributed by atoms with Gasteiger partial charge in [-0.3, -0.25) is 9.78 Å². The van der Waals surface area contributed by atoms with Gasteiger partial charge in [-0.15, -0.1) is 0 Å². The summed E-state index contributed by atoms with van der Waals surface area (Å²) in [7, 11) is 0. The minimum Gasteiger partial charge on any atom is -0.466 e. The number of carbonyl (C=O) groups is 2. The molecule has 0 amide bonds. The lowest BCUT2D eigenvalue weighted by Gasteiger charge is -2.14. The van der Waals surface area contributed by atoms with Gasteiger partial charge in [0.2, 0.25) is 0 Å². The van der Waals surface area contributed by atoms with Crippen molar-refractivity contribution in [3.8, 4) is 0 Å². The Hall–Kier alpha value is -2.14. The van der Waals surface area contributed by atoms with E-state index in [4.69, 9.17) is 21.1 Å². The van der Waals surface area contributed by atoms with Crippen LogP contribution in [-0.4, -0.2) is 30.1 Å². The predicted molar refractivity (Wildman–Crippen MR) is 92.4 cm³/mol. The molecule has 1 heterocycles. The van der Waals surface area contributed by atoms with Gasteiger partial charge in [0.05, 0.1) is 30.0 Å². The van der Waals surface area contributed by atoms with E-state index in [1.807, 2.05) is 0 Å². The summed E-state index contributed by atoms with van der Waals surface area (Å²) >= 11 is 6.10. The van der Waals surface area contributed by atoms with E-state index in [0.29, 0.717) is 34.9 Å². The van der Waals surface area contributed by atoms with Crippen molar-refractivity contribution in [2.75, 3.05) is 13.2 Å². The molecule has 0 spiro atoms. The SMILES string of the molecule is CCOC(=O)CCc1c(C(=O)OCC)c(C)nc2ccc(Cl)cc12. The fourth-order valence-electron chi connectivity index (χ4n) is 2.63. The number of halogens is 1. The molecule has 1 aromatic carbocycles. The number of aromatic nitrogens is 1. The van der Waals surface area contributed by atoms with E-state index < -0.39 is 5.97 Å². The van der Waals surface area contributed by atoms with Gasteiger partial charge in [0.1, 0.15) is 0 Å². The zero-order valence-electron chi connectivity index (χ0n) is 14.0. The molecular weight excluding hydrogens is 330 g/mol. The lowest BCUT2D eigenvalue weighted by Crippen LogP contribution is -2.14. The second-order valence-electron chi connectivity index (χ2n) is 5.24. The normalized spacial score (nSPS) is 10.7. The highest BCUT2D eigenvalue weighted by Crippen LogP contribution is 2.28. The Kier molecular flexibility index (Phi) is 6.15. The number of pyridine rings is 1. The zero-order valence-corrected chi connectivity index (χ0v) is 14.8. The Morgan fingerprint density at radius 2 is 1.88 bits per heavy atom. The number of rotatable bonds is 6. The largest absolute Gasteiger partial charge is 0.466 e. The van der Waals surface area contributed by atoms with Crippen molar-refractivity contribution in [1.29, 1.82) is 0 Å². The summed E-state index contributed by atoms with van der Waals surface area (Å²) in [6.07, 6.45) is 0.526. The first-order valence-corrected chi connectivity index (χ1v) is 8.27. The highest BCUT2D eigenvalue weighted by Gasteiger charge is 2.21. The fourth-order valence-corrected chi connectivity index (χ4v) is 2.80. The second-order valence-corrected chi connectivity index (χ2v) is 5.67. The van der Waals surface area contributed by atoms with Gasteiger partial charge in [-0.2, -0.15) is 0 Å². The highest BCUT2D eigenvalue weighted by atomic mass is 35.5. The minimum atomic E-state index is -0.441. The van der Waals surface area contributed by atoms with Gasteiger partial charge in [-0.1, -0.05) is 11.6 Å². The number of fused-ring (bicyclic) bond motifs is 1. The summed E-state index contributed by atoms with van der Waals surface area (Å²) < 4.78 is 10.1. The molecular formula is C18H20ClNO4. The number of carbonyl (C=O) groups excluding carboxylic acids is 2. The number of hydrogen-bond donors (Lipinski definition) is 0. The molecule has 0 radical (unpaired) electrons. The molecule has 0 saturated carbocycles. The molecule has 0 aliphatic carbocycles. The van der Waals surface area contributed by atoms with Crippen LogP contribution in [0.1, 0.15) is 41.9 Å². The van der Waals surface area contributed by atoms with Crippen LogP contribution in [-0.2, 0) is 20.7 Å². The zero-order chi connectivity index (χ0) is 17.7. The van der Waals surface area contributed by atoms with Gasteiger partial charge >= 0.3 is 11.9 Å². The molecule has 0 N–H and O–H groups in total. The Bertz CT molecular complexity index is 773. The minimum absolute atomic E-state index is 0.172. The van der Waals surface area contributed by atoms with Crippen LogP contribution in [0.3, 0.4) is 0 Å². The molecule has 2 aromatic rings. The van der Waals surface area contributed by atoms with Gasteiger partial charge < -0.3 is 9.47 Å². The van der Waals surface area contributed by atoms with Crippen molar-refractivity contribution in [2.45, 2.75) is 33.6 Å². The molecule has 5 nitrogen and oxygen atoms in total. The molecule has 0 bridgehead atoms. The molecule has 128 valence electrons. The predicted octanol–water partition coefficient (Wildman–Crippen LogP) is 3.87. The Balaban J connectivity index is 2.55. The van der Waals surface area contributed by atoms with Crippen LogP contribution in [0.5, 0.6) is 0 Å². The maximum Gasteiger partial charge on any atom is 0.340 e. The third-order valence-corrected chi connectivity index (χ3v) is 3.83. The van der Waals surface area contributed by atoms with Crippen LogP contribution in [0.15, 0.2) is 18.2 Å². The molecule has 1 aromatic heterocycles. The summed E-state index contributed by atoms with van der Waals surface area (Å²) in [5.74, 6) is -0.750. The lowest BCUT2D eigenvalue weighted by atomic mass is 9.96. The summed E-state index contributed by atoms with van der Waals surface area (Å²) in [6, 6.07) is 5.30. The van der Waals surface area contributed by atoms with Crippen molar-refractivity contribution in [3.05, 3.63) is 40.0 Å². The molecule has 6 heteroatoms. The van der Waals surface area contributed by atoms with Crippen molar-refractivity contribution in [2.24, 2.45) is 0 Å². The average molecular weight is 350 g/mol. The Morgan fingerprint density at radius 1 is 1.17 bits per heavy atom. The molecule has 2 rings (SSSR count). The molecule has 0 aliphatic heterocycles. The fraction of sp³-hybridized carbons (Fsp3) is 0.389.